The van der Waals surface area contributed by atoms with Gasteiger partial charge in [0.2, 0.25) is 5.91 Å². The van der Waals surface area contributed by atoms with Crippen LogP contribution in [0.25, 0.3) is 0 Å². The summed E-state index contributed by atoms with van der Waals surface area (Å²) >= 11 is 1.26. The van der Waals surface area contributed by atoms with Crippen molar-refractivity contribution in [3.8, 4) is 5.75 Å². The molecular weight excluding hydrogens is 452 g/mol. The third kappa shape index (κ3) is 7.21. The van der Waals surface area contributed by atoms with Gasteiger partial charge in [-0.25, -0.2) is 4.79 Å². The highest BCUT2D eigenvalue weighted by Crippen LogP contribution is 2.20. The zero-order valence-electron chi connectivity index (χ0n) is 19.5. The summed E-state index contributed by atoms with van der Waals surface area (Å²) in [7, 11) is 0. The van der Waals surface area contributed by atoms with Crippen molar-refractivity contribution in [2.45, 2.75) is 45.2 Å². The van der Waals surface area contributed by atoms with Gasteiger partial charge in [-0.3, -0.25) is 9.36 Å². The molecule has 0 atom stereocenters. The van der Waals surface area contributed by atoms with Crippen molar-refractivity contribution in [1.29, 1.82) is 0 Å². The summed E-state index contributed by atoms with van der Waals surface area (Å²) < 4.78 is 12.9. The number of allylic oxidation sites excluding steroid dienone is 1. The Morgan fingerprint density at radius 2 is 1.97 bits per heavy atom. The molecule has 1 aromatic heterocycles. The number of aryl methyl sites for hydroxylation is 1. The Hall–Kier alpha value is -3.59. The molecule has 0 aliphatic heterocycles. The topological polar surface area (TPSA) is 95.3 Å². The summed E-state index contributed by atoms with van der Waals surface area (Å²) in [4.78, 5) is 24.6. The van der Waals surface area contributed by atoms with Gasteiger partial charge in [-0.1, -0.05) is 36.0 Å². The monoisotopic (exact) mass is 480 g/mol. The maximum absolute atomic E-state index is 12.5. The fourth-order valence-corrected chi connectivity index (χ4v) is 3.80. The zero-order chi connectivity index (χ0) is 24.5. The molecule has 1 N–H and O–H groups in total. The molecule has 1 amide bonds. The smallest absolute Gasteiger partial charge is 0.338 e. The number of hydrogen-bond acceptors (Lipinski definition) is 7. The van der Waals surface area contributed by atoms with Crippen molar-refractivity contribution in [2.75, 3.05) is 11.1 Å². The second kappa shape index (κ2) is 12.0. The average molecular weight is 481 g/mol. The predicted octanol–water partition coefficient (Wildman–Crippen LogP) is 4.65. The third-order valence-electron chi connectivity index (χ3n) is 4.52. The van der Waals surface area contributed by atoms with Gasteiger partial charge in [-0.2, -0.15) is 0 Å². The molecule has 0 saturated heterocycles. The SMILES string of the molecule is C=CCn1c(COc2cccc(C)c2)nnc1SCC(=O)Nc1cccc(C(=O)OC(C)C)c1. The Kier molecular flexibility index (Phi) is 8.86. The van der Waals surface area contributed by atoms with Crippen molar-refractivity contribution in [2.24, 2.45) is 0 Å². The van der Waals surface area contributed by atoms with E-state index in [1.54, 1.807) is 44.2 Å². The van der Waals surface area contributed by atoms with Crippen LogP contribution in [0.1, 0.15) is 35.6 Å². The Bertz CT molecular complexity index is 1160. The first-order valence-electron chi connectivity index (χ1n) is 10.8. The second-order valence-electron chi connectivity index (χ2n) is 7.77. The van der Waals surface area contributed by atoms with Crippen molar-refractivity contribution < 1.29 is 19.1 Å². The van der Waals surface area contributed by atoms with Gasteiger partial charge in [-0.05, 0) is 56.7 Å². The molecule has 0 saturated carbocycles. The molecule has 0 aliphatic rings. The molecule has 3 aromatic rings. The molecule has 1 heterocycles. The van der Waals surface area contributed by atoms with Gasteiger partial charge >= 0.3 is 5.97 Å². The van der Waals surface area contributed by atoms with E-state index in [2.05, 4.69) is 22.1 Å². The minimum atomic E-state index is -0.432. The minimum Gasteiger partial charge on any atom is -0.486 e. The normalized spacial score (nSPS) is 10.7. The number of hydrogen-bond donors (Lipinski definition) is 1. The summed E-state index contributed by atoms with van der Waals surface area (Å²) in [5, 5.41) is 11.8. The van der Waals surface area contributed by atoms with E-state index in [1.807, 2.05) is 35.8 Å². The highest BCUT2D eigenvalue weighted by molar-refractivity contribution is 7.99. The number of thioether (sulfide) groups is 1. The van der Waals surface area contributed by atoms with Crippen LogP contribution in [0.5, 0.6) is 5.75 Å². The van der Waals surface area contributed by atoms with E-state index >= 15 is 0 Å². The predicted molar refractivity (Wildman–Crippen MR) is 132 cm³/mol. The minimum absolute atomic E-state index is 0.120. The molecule has 0 fully saturated rings. The van der Waals surface area contributed by atoms with Crippen molar-refractivity contribution in [3.05, 3.63) is 78.1 Å². The number of carbonyl (C=O) groups is 2. The van der Waals surface area contributed by atoms with Crippen molar-refractivity contribution in [1.82, 2.24) is 14.8 Å². The lowest BCUT2D eigenvalue weighted by molar-refractivity contribution is -0.113. The van der Waals surface area contributed by atoms with Crippen molar-refractivity contribution >= 4 is 29.3 Å². The van der Waals surface area contributed by atoms with E-state index in [0.29, 0.717) is 28.8 Å². The Morgan fingerprint density at radius 1 is 1.18 bits per heavy atom. The molecule has 178 valence electrons. The lowest BCUT2D eigenvalue weighted by atomic mass is 10.2. The molecule has 3 rings (SSSR count). The van der Waals surface area contributed by atoms with E-state index in [9.17, 15) is 9.59 Å². The number of esters is 1. The van der Waals surface area contributed by atoms with Crippen LogP contribution in [-0.2, 0) is 22.7 Å². The summed E-state index contributed by atoms with van der Waals surface area (Å²) in [5.74, 6) is 0.847. The lowest BCUT2D eigenvalue weighted by Crippen LogP contribution is -2.16. The van der Waals surface area contributed by atoms with Crippen LogP contribution in [0, 0.1) is 6.92 Å². The number of amides is 1. The van der Waals surface area contributed by atoms with Crippen LogP contribution in [0.3, 0.4) is 0 Å². The number of ether oxygens (including phenoxy) is 2. The quantitative estimate of drug-likeness (QED) is 0.242. The first-order valence-corrected chi connectivity index (χ1v) is 11.8. The van der Waals surface area contributed by atoms with Gasteiger partial charge in [-0.15, -0.1) is 16.8 Å². The van der Waals surface area contributed by atoms with Crippen LogP contribution >= 0.6 is 11.8 Å². The number of aromatic nitrogens is 3. The maximum Gasteiger partial charge on any atom is 0.338 e. The van der Waals surface area contributed by atoms with Gasteiger partial charge < -0.3 is 14.8 Å². The van der Waals surface area contributed by atoms with Crippen LogP contribution in [0.2, 0.25) is 0 Å². The zero-order valence-corrected chi connectivity index (χ0v) is 20.3. The largest absolute Gasteiger partial charge is 0.486 e. The summed E-state index contributed by atoms with van der Waals surface area (Å²) in [6, 6.07) is 14.4. The second-order valence-corrected chi connectivity index (χ2v) is 8.72. The lowest BCUT2D eigenvalue weighted by Gasteiger charge is -2.10. The van der Waals surface area contributed by atoms with Crippen LogP contribution in [0.15, 0.2) is 66.3 Å². The summed E-state index contributed by atoms with van der Waals surface area (Å²) in [6.07, 6.45) is 1.52. The molecular formula is C25H28N4O4S. The van der Waals surface area contributed by atoms with E-state index in [-0.39, 0.29) is 24.4 Å². The standard InChI is InChI=1S/C25H28N4O4S/c1-5-12-29-22(15-32-21-11-6-8-18(4)13-21)27-28-25(29)34-16-23(30)26-20-10-7-9-19(14-20)24(31)33-17(2)3/h5-11,13-14,17H,1,12,15-16H2,2-4H3,(H,26,30). The average Bonchev–Trinajstić information content (AvgIpc) is 3.18. The van der Waals surface area contributed by atoms with E-state index in [0.717, 1.165) is 11.3 Å². The maximum atomic E-state index is 12.5. The van der Waals surface area contributed by atoms with Crippen LogP contribution in [-0.4, -0.2) is 38.5 Å². The third-order valence-corrected chi connectivity index (χ3v) is 5.49. The number of nitrogens with zero attached hydrogens (tertiary/aromatic N) is 3. The number of rotatable bonds is 11. The Balaban J connectivity index is 1.60. The summed E-state index contributed by atoms with van der Waals surface area (Å²) in [5.41, 5.74) is 2.00. The van der Waals surface area contributed by atoms with Gasteiger partial charge in [0.25, 0.3) is 0 Å². The molecule has 0 radical (unpaired) electrons. The van der Waals surface area contributed by atoms with Crippen molar-refractivity contribution in [3.63, 3.8) is 0 Å². The van der Waals surface area contributed by atoms with Gasteiger partial charge in [0, 0.05) is 12.2 Å². The molecule has 0 spiro atoms. The van der Waals surface area contributed by atoms with Gasteiger partial charge in [0.1, 0.15) is 12.4 Å². The molecule has 8 nitrogen and oxygen atoms in total. The number of nitrogens with one attached hydrogen (secondary N) is 1. The molecule has 9 heteroatoms. The molecule has 2 aromatic carbocycles. The van der Waals surface area contributed by atoms with Crippen LogP contribution in [0.4, 0.5) is 5.69 Å². The number of anilines is 1. The van der Waals surface area contributed by atoms with E-state index in [1.165, 1.54) is 11.8 Å². The Morgan fingerprint density at radius 3 is 2.71 bits per heavy atom. The van der Waals surface area contributed by atoms with Gasteiger partial charge in [0.15, 0.2) is 11.0 Å². The van der Waals surface area contributed by atoms with E-state index < -0.39 is 5.97 Å². The fourth-order valence-electron chi connectivity index (χ4n) is 3.03. The highest BCUT2D eigenvalue weighted by Gasteiger charge is 2.15. The summed E-state index contributed by atoms with van der Waals surface area (Å²) in [6.45, 7) is 10.1. The van der Waals surface area contributed by atoms with Gasteiger partial charge in [0.05, 0.1) is 17.4 Å². The number of benzene rings is 2. The molecule has 34 heavy (non-hydrogen) atoms. The van der Waals surface area contributed by atoms with Crippen LogP contribution < -0.4 is 10.1 Å². The Labute approximate surface area is 203 Å². The highest BCUT2D eigenvalue weighted by atomic mass is 32.2. The molecule has 0 bridgehead atoms. The first-order chi connectivity index (χ1) is 16.4. The molecule has 0 unspecified atom stereocenters. The molecule has 0 aliphatic carbocycles. The van der Waals surface area contributed by atoms with E-state index in [4.69, 9.17) is 9.47 Å². The fraction of sp³-hybridized carbons (Fsp3) is 0.280. The number of carbonyl (C=O) groups excluding carboxylic acids is 2. The first kappa shape index (κ1) is 25.0.